The lowest BCUT2D eigenvalue weighted by Gasteiger charge is -2.22. The lowest BCUT2D eigenvalue weighted by Crippen LogP contribution is -2.34. The van der Waals surface area contributed by atoms with Crippen molar-refractivity contribution in [2.45, 2.75) is 12.2 Å². The van der Waals surface area contributed by atoms with E-state index >= 15 is 0 Å². The van der Waals surface area contributed by atoms with Gasteiger partial charge in [0.25, 0.3) is 0 Å². The molecule has 0 bridgehead atoms. The lowest BCUT2D eigenvalue weighted by atomic mass is 10.1. The van der Waals surface area contributed by atoms with Crippen LogP contribution in [0.1, 0.15) is 11.7 Å². The molecule has 96 valence electrons. The van der Waals surface area contributed by atoms with Crippen molar-refractivity contribution in [1.29, 1.82) is 0 Å². The molecule has 5 heteroatoms. The molecule has 1 unspecified atom stereocenters. The summed E-state index contributed by atoms with van der Waals surface area (Å²) in [5.74, 6) is 0. The van der Waals surface area contributed by atoms with E-state index in [4.69, 9.17) is 5.11 Å². The van der Waals surface area contributed by atoms with E-state index in [9.17, 15) is 10.2 Å². The van der Waals surface area contributed by atoms with E-state index in [0.717, 1.165) is 10.0 Å². The molecule has 0 saturated heterocycles. The Morgan fingerprint density at radius 1 is 1.18 bits per heavy atom. The van der Waals surface area contributed by atoms with Gasteiger partial charge in [0.2, 0.25) is 0 Å². The highest BCUT2D eigenvalue weighted by Gasteiger charge is 2.13. The molecule has 0 aromatic heterocycles. The predicted octanol–water partition coefficient (Wildman–Crippen LogP) is 0.767. The van der Waals surface area contributed by atoms with Crippen LogP contribution in [0.2, 0.25) is 0 Å². The van der Waals surface area contributed by atoms with Gasteiger partial charge in [-0.25, -0.2) is 0 Å². The van der Waals surface area contributed by atoms with Crippen LogP contribution in [0.5, 0.6) is 0 Å². The molecule has 3 N–H and O–H groups in total. The Bertz CT molecular complexity index is 331. The Labute approximate surface area is 110 Å². The number of aliphatic hydroxyl groups excluding tert-OH is 3. The second kappa shape index (κ2) is 7.08. The Morgan fingerprint density at radius 3 is 2.29 bits per heavy atom. The number of likely N-dealkylation sites (N-methyl/N-ethyl adjacent to an activating group) is 1. The topological polar surface area (TPSA) is 63.9 Å². The molecular weight excluding hydrogens is 286 g/mol. The predicted molar refractivity (Wildman–Crippen MR) is 69.7 cm³/mol. The molecule has 0 spiro atoms. The van der Waals surface area contributed by atoms with E-state index < -0.39 is 12.2 Å². The van der Waals surface area contributed by atoms with E-state index in [1.54, 1.807) is 11.9 Å². The summed E-state index contributed by atoms with van der Waals surface area (Å²) >= 11 is 3.33. The number of rotatable bonds is 6. The maximum Gasteiger partial charge on any atom is 0.0916 e. The molecule has 1 aromatic rings. The summed E-state index contributed by atoms with van der Waals surface area (Å²) < 4.78 is 0.970. The number of hydrogen-bond acceptors (Lipinski definition) is 4. The molecule has 0 aliphatic heterocycles. The average Bonchev–Trinajstić information content (AvgIpc) is 2.29. The van der Waals surface area contributed by atoms with Crippen LogP contribution in [-0.2, 0) is 0 Å². The summed E-state index contributed by atoms with van der Waals surface area (Å²) in [6, 6.07) is 7.46. The fourth-order valence-electron chi connectivity index (χ4n) is 1.58. The van der Waals surface area contributed by atoms with Crippen molar-refractivity contribution < 1.29 is 15.3 Å². The maximum absolute atomic E-state index is 9.97. The van der Waals surface area contributed by atoms with Crippen molar-refractivity contribution in [1.82, 2.24) is 4.90 Å². The first kappa shape index (κ1) is 14.6. The van der Waals surface area contributed by atoms with Crippen molar-refractivity contribution in [3.63, 3.8) is 0 Å². The average molecular weight is 304 g/mol. The summed E-state index contributed by atoms with van der Waals surface area (Å²) in [5, 5.41) is 28.0. The van der Waals surface area contributed by atoms with Crippen LogP contribution in [0.4, 0.5) is 0 Å². The third-order valence-corrected chi connectivity index (χ3v) is 3.00. The van der Waals surface area contributed by atoms with Crippen molar-refractivity contribution in [2.75, 3.05) is 26.7 Å². The zero-order chi connectivity index (χ0) is 12.8. The highest BCUT2D eigenvalue weighted by molar-refractivity contribution is 9.10. The monoisotopic (exact) mass is 303 g/mol. The van der Waals surface area contributed by atoms with Gasteiger partial charge in [-0.3, -0.25) is 0 Å². The third kappa shape index (κ3) is 5.14. The molecular formula is C12H18BrNO3. The van der Waals surface area contributed by atoms with Gasteiger partial charge >= 0.3 is 0 Å². The van der Waals surface area contributed by atoms with Crippen molar-refractivity contribution in [2.24, 2.45) is 0 Å². The van der Waals surface area contributed by atoms with E-state index in [-0.39, 0.29) is 6.61 Å². The van der Waals surface area contributed by atoms with Gasteiger partial charge in [-0.1, -0.05) is 28.1 Å². The molecule has 2 atom stereocenters. The minimum absolute atomic E-state index is 0.265. The Balaban J connectivity index is 2.48. The van der Waals surface area contributed by atoms with Gasteiger partial charge in [0.15, 0.2) is 0 Å². The number of aliphatic hydroxyl groups is 3. The SMILES string of the molecule is CN(CC(O)c1ccc(Br)cc1)C[C@H](O)CO. The summed E-state index contributed by atoms with van der Waals surface area (Å²) in [7, 11) is 1.79. The first-order chi connectivity index (χ1) is 8.02. The molecule has 1 aromatic carbocycles. The van der Waals surface area contributed by atoms with Gasteiger partial charge in [0.05, 0.1) is 18.8 Å². The molecule has 1 rings (SSSR count). The van der Waals surface area contributed by atoms with Crippen molar-refractivity contribution >= 4 is 15.9 Å². The van der Waals surface area contributed by atoms with Gasteiger partial charge in [0, 0.05) is 17.6 Å². The van der Waals surface area contributed by atoms with Crippen LogP contribution in [0.15, 0.2) is 28.7 Å². The standard InChI is InChI=1S/C12H18BrNO3/c1-14(6-11(16)8-15)7-12(17)9-2-4-10(13)5-3-9/h2-5,11-12,15-17H,6-8H2,1H3/t11-,12?/m0/s1. The normalized spacial score (nSPS) is 14.9. The fourth-order valence-corrected chi connectivity index (χ4v) is 1.84. The number of hydrogen-bond donors (Lipinski definition) is 3. The maximum atomic E-state index is 9.97. The Morgan fingerprint density at radius 2 is 1.76 bits per heavy atom. The third-order valence-electron chi connectivity index (χ3n) is 2.47. The molecule has 0 aliphatic carbocycles. The van der Waals surface area contributed by atoms with Crippen molar-refractivity contribution in [3.8, 4) is 0 Å². The van der Waals surface area contributed by atoms with E-state index in [2.05, 4.69) is 15.9 Å². The van der Waals surface area contributed by atoms with Crippen LogP contribution in [-0.4, -0.2) is 53.1 Å². The Hall–Kier alpha value is -0.460. The molecule has 0 fully saturated rings. The lowest BCUT2D eigenvalue weighted by molar-refractivity contribution is 0.0490. The largest absolute Gasteiger partial charge is 0.394 e. The first-order valence-corrected chi connectivity index (χ1v) is 6.23. The summed E-state index contributed by atoms with van der Waals surface area (Å²) in [4.78, 5) is 1.79. The smallest absolute Gasteiger partial charge is 0.0916 e. The quantitative estimate of drug-likeness (QED) is 0.726. The van der Waals surface area contributed by atoms with Gasteiger partial charge < -0.3 is 20.2 Å². The van der Waals surface area contributed by atoms with Crippen LogP contribution >= 0.6 is 15.9 Å². The number of nitrogens with zero attached hydrogens (tertiary/aromatic N) is 1. The van der Waals surface area contributed by atoms with Crippen molar-refractivity contribution in [3.05, 3.63) is 34.3 Å². The summed E-state index contributed by atoms with van der Waals surface area (Å²) in [6.07, 6.45) is -1.36. The van der Waals surface area contributed by atoms with E-state index in [0.29, 0.717) is 13.1 Å². The zero-order valence-corrected chi connectivity index (χ0v) is 11.3. The summed E-state index contributed by atoms with van der Waals surface area (Å²) in [6.45, 7) is 0.488. The molecule has 4 nitrogen and oxygen atoms in total. The highest BCUT2D eigenvalue weighted by atomic mass is 79.9. The number of benzene rings is 1. The first-order valence-electron chi connectivity index (χ1n) is 5.44. The second-order valence-electron chi connectivity index (χ2n) is 4.12. The van der Waals surface area contributed by atoms with Gasteiger partial charge in [-0.15, -0.1) is 0 Å². The molecule has 0 heterocycles. The highest BCUT2D eigenvalue weighted by Crippen LogP contribution is 2.17. The zero-order valence-electron chi connectivity index (χ0n) is 9.75. The van der Waals surface area contributed by atoms with Crippen LogP contribution in [0, 0.1) is 0 Å². The molecule has 0 aliphatic rings. The second-order valence-corrected chi connectivity index (χ2v) is 5.04. The number of halogens is 1. The van der Waals surface area contributed by atoms with Gasteiger partial charge in [0.1, 0.15) is 0 Å². The summed E-state index contributed by atoms with van der Waals surface area (Å²) in [5.41, 5.74) is 0.832. The van der Waals surface area contributed by atoms with Gasteiger partial charge in [-0.2, -0.15) is 0 Å². The molecule has 17 heavy (non-hydrogen) atoms. The molecule has 0 amide bonds. The fraction of sp³-hybridized carbons (Fsp3) is 0.500. The van der Waals surface area contributed by atoms with E-state index in [1.807, 2.05) is 24.3 Å². The minimum atomic E-state index is -0.767. The van der Waals surface area contributed by atoms with E-state index in [1.165, 1.54) is 0 Å². The van der Waals surface area contributed by atoms with Crippen LogP contribution < -0.4 is 0 Å². The Kier molecular flexibility index (Phi) is 6.08. The minimum Gasteiger partial charge on any atom is -0.394 e. The molecule has 0 saturated carbocycles. The van der Waals surface area contributed by atoms with Crippen LogP contribution in [0.3, 0.4) is 0 Å². The molecule has 0 radical (unpaired) electrons. The van der Waals surface area contributed by atoms with Gasteiger partial charge in [-0.05, 0) is 24.7 Å². The van der Waals surface area contributed by atoms with Crippen LogP contribution in [0.25, 0.3) is 0 Å².